The van der Waals surface area contributed by atoms with Crippen molar-refractivity contribution in [2.45, 2.75) is 44.8 Å². The summed E-state index contributed by atoms with van der Waals surface area (Å²) in [6.45, 7) is 1.44. The Kier molecular flexibility index (Phi) is 2.66. The highest BCUT2D eigenvalue weighted by Gasteiger charge is 2.22. The Morgan fingerprint density at radius 3 is 3.12 bits per heavy atom. The zero-order valence-electron chi connectivity index (χ0n) is 9.72. The molecule has 0 bridgehead atoms. The second-order valence-corrected chi connectivity index (χ2v) is 4.66. The minimum absolute atomic E-state index is 0.0424. The van der Waals surface area contributed by atoms with Crippen molar-refractivity contribution in [2.24, 2.45) is 4.99 Å². The number of nitrogens with zero attached hydrogens (tertiary/aromatic N) is 3. The molecule has 0 spiro atoms. The maximum Gasteiger partial charge on any atom is 0.272 e. The monoisotopic (exact) mass is 232 g/mol. The maximum atomic E-state index is 11.9. The molecule has 5 heteroatoms. The van der Waals surface area contributed by atoms with Gasteiger partial charge in [0.1, 0.15) is 0 Å². The van der Waals surface area contributed by atoms with Gasteiger partial charge < -0.3 is 5.32 Å². The average molecular weight is 232 g/mol. The lowest BCUT2D eigenvalue weighted by Gasteiger charge is -2.25. The summed E-state index contributed by atoms with van der Waals surface area (Å²) < 4.78 is 1.89. The fourth-order valence-electron chi connectivity index (χ4n) is 2.13. The van der Waals surface area contributed by atoms with Crippen molar-refractivity contribution in [3.63, 3.8) is 0 Å². The van der Waals surface area contributed by atoms with Crippen molar-refractivity contribution < 1.29 is 4.79 Å². The molecule has 3 rings (SSSR count). The van der Waals surface area contributed by atoms with Crippen molar-refractivity contribution in [1.29, 1.82) is 0 Å². The lowest BCUT2D eigenvalue weighted by atomic mass is 9.93. The SMILES string of the molecule is O=C(NC1CCC1)c1cc2n(n1)CCC=NC2. The predicted octanol–water partition coefficient (Wildman–Crippen LogP) is 1.14. The van der Waals surface area contributed by atoms with Crippen LogP contribution in [0.4, 0.5) is 0 Å². The Morgan fingerprint density at radius 2 is 2.35 bits per heavy atom. The molecule has 0 unspecified atom stereocenters. The first-order chi connectivity index (χ1) is 8.33. The van der Waals surface area contributed by atoms with Gasteiger partial charge >= 0.3 is 0 Å². The third kappa shape index (κ3) is 2.09. The summed E-state index contributed by atoms with van der Waals surface area (Å²) in [5, 5.41) is 7.35. The Bertz CT molecular complexity index is 459. The van der Waals surface area contributed by atoms with Crippen molar-refractivity contribution in [3.8, 4) is 0 Å². The van der Waals surface area contributed by atoms with Crippen LogP contribution >= 0.6 is 0 Å². The minimum atomic E-state index is -0.0424. The minimum Gasteiger partial charge on any atom is -0.348 e. The standard InChI is InChI=1S/C12H16N4O/c17-12(14-9-3-1-4-9)11-7-10-8-13-5-2-6-16(10)15-11/h5,7,9H,1-4,6,8H2,(H,14,17). The first-order valence-corrected chi connectivity index (χ1v) is 6.19. The van der Waals surface area contributed by atoms with E-state index in [1.165, 1.54) is 6.42 Å². The summed E-state index contributed by atoms with van der Waals surface area (Å²) in [7, 11) is 0. The van der Waals surface area contributed by atoms with Gasteiger partial charge in [0.05, 0.1) is 12.2 Å². The second kappa shape index (κ2) is 4.31. The van der Waals surface area contributed by atoms with Crippen LogP contribution in [0.1, 0.15) is 41.9 Å². The number of amides is 1. The summed E-state index contributed by atoms with van der Waals surface area (Å²) in [6.07, 6.45) is 6.23. The summed E-state index contributed by atoms with van der Waals surface area (Å²) >= 11 is 0. The highest BCUT2D eigenvalue weighted by atomic mass is 16.2. The van der Waals surface area contributed by atoms with Crippen molar-refractivity contribution in [3.05, 3.63) is 17.5 Å². The van der Waals surface area contributed by atoms with Gasteiger partial charge in [0.2, 0.25) is 0 Å². The van der Waals surface area contributed by atoms with Gasteiger partial charge in [-0.1, -0.05) is 0 Å². The van der Waals surface area contributed by atoms with Crippen LogP contribution in [-0.2, 0) is 13.1 Å². The molecule has 1 aliphatic heterocycles. The van der Waals surface area contributed by atoms with E-state index in [4.69, 9.17) is 0 Å². The van der Waals surface area contributed by atoms with Gasteiger partial charge in [-0.3, -0.25) is 14.5 Å². The van der Waals surface area contributed by atoms with Crippen molar-refractivity contribution in [1.82, 2.24) is 15.1 Å². The number of carbonyl (C=O) groups excluding carboxylic acids is 1. The van der Waals surface area contributed by atoms with E-state index in [0.29, 0.717) is 18.3 Å². The number of fused-ring (bicyclic) bond motifs is 1. The van der Waals surface area contributed by atoms with Crippen LogP contribution in [0.2, 0.25) is 0 Å². The Balaban J connectivity index is 1.74. The number of hydrogen-bond donors (Lipinski definition) is 1. The summed E-state index contributed by atoms with van der Waals surface area (Å²) in [6, 6.07) is 2.22. The average Bonchev–Trinajstić information content (AvgIpc) is 2.55. The maximum absolute atomic E-state index is 11.9. The summed E-state index contributed by atoms with van der Waals surface area (Å²) in [5.41, 5.74) is 1.56. The van der Waals surface area contributed by atoms with Crippen LogP contribution in [-0.4, -0.2) is 27.9 Å². The molecule has 1 amide bonds. The van der Waals surface area contributed by atoms with Crippen LogP contribution in [0.25, 0.3) is 0 Å². The molecule has 1 aromatic rings. The predicted molar refractivity (Wildman–Crippen MR) is 64.1 cm³/mol. The van der Waals surface area contributed by atoms with Gasteiger partial charge in [-0.2, -0.15) is 5.10 Å². The summed E-state index contributed by atoms with van der Waals surface area (Å²) in [5.74, 6) is -0.0424. The van der Waals surface area contributed by atoms with E-state index in [1.54, 1.807) is 0 Å². The third-order valence-electron chi connectivity index (χ3n) is 3.39. The largest absolute Gasteiger partial charge is 0.348 e. The molecule has 5 nitrogen and oxygen atoms in total. The number of aromatic nitrogens is 2. The third-order valence-corrected chi connectivity index (χ3v) is 3.39. The highest BCUT2D eigenvalue weighted by Crippen LogP contribution is 2.18. The van der Waals surface area contributed by atoms with Crippen molar-refractivity contribution >= 4 is 12.1 Å². The fourth-order valence-corrected chi connectivity index (χ4v) is 2.13. The fraction of sp³-hybridized carbons (Fsp3) is 0.583. The highest BCUT2D eigenvalue weighted by molar-refractivity contribution is 5.92. The smallest absolute Gasteiger partial charge is 0.272 e. The molecule has 0 radical (unpaired) electrons. The van der Waals surface area contributed by atoms with E-state index >= 15 is 0 Å². The van der Waals surface area contributed by atoms with Gasteiger partial charge in [-0.25, -0.2) is 0 Å². The molecule has 1 aromatic heterocycles. The quantitative estimate of drug-likeness (QED) is 0.831. The van der Waals surface area contributed by atoms with Crippen LogP contribution < -0.4 is 5.32 Å². The van der Waals surface area contributed by atoms with E-state index in [-0.39, 0.29) is 5.91 Å². The number of hydrogen-bond acceptors (Lipinski definition) is 3. The molecule has 90 valence electrons. The van der Waals surface area contributed by atoms with E-state index < -0.39 is 0 Å². The van der Waals surface area contributed by atoms with Gasteiger partial charge in [0.25, 0.3) is 5.91 Å². The molecule has 0 saturated heterocycles. The normalized spacial score (nSPS) is 19.3. The molecule has 2 aliphatic rings. The number of carbonyl (C=O) groups is 1. The Hall–Kier alpha value is -1.65. The molecule has 1 N–H and O–H groups in total. The zero-order valence-corrected chi connectivity index (χ0v) is 9.72. The lowest BCUT2D eigenvalue weighted by molar-refractivity contribution is 0.0911. The van der Waals surface area contributed by atoms with Gasteiger partial charge in [0, 0.05) is 25.2 Å². The number of aliphatic imine (C=N–C) groups is 1. The zero-order chi connectivity index (χ0) is 11.7. The number of rotatable bonds is 2. The van der Waals surface area contributed by atoms with Crippen LogP contribution in [0.15, 0.2) is 11.1 Å². The van der Waals surface area contributed by atoms with Crippen molar-refractivity contribution in [2.75, 3.05) is 0 Å². The molecule has 1 saturated carbocycles. The first kappa shape index (κ1) is 10.5. The molecular formula is C12H16N4O. The Morgan fingerprint density at radius 1 is 1.47 bits per heavy atom. The van der Waals surface area contributed by atoms with E-state index in [2.05, 4.69) is 15.4 Å². The number of nitrogens with one attached hydrogen (secondary N) is 1. The summed E-state index contributed by atoms with van der Waals surface area (Å²) in [4.78, 5) is 16.2. The van der Waals surface area contributed by atoms with E-state index in [1.807, 2.05) is 17.0 Å². The number of aryl methyl sites for hydroxylation is 1. The lowest BCUT2D eigenvalue weighted by Crippen LogP contribution is -2.39. The molecular weight excluding hydrogens is 216 g/mol. The van der Waals surface area contributed by atoms with Gasteiger partial charge in [-0.05, 0) is 25.3 Å². The molecule has 1 aliphatic carbocycles. The van der Waals surface area contributed by atoms with Crippen LogP contribution in [0.3, 0.4) is 0 Å². The second-order valence-electron chi connectivity index (χ2n) is 4.66. The van der Waals surface area contributed by atoms with Crippen LogP contribution in [0, 0.1) is 0 Å². The Labute approximate surface area is 99.9 Å². The van der Waals surface area contributed by atoms with E-state index in [0.717, 1.165) is 31.5 Å². The van der Waals surface area contributed by atoms with E-state index in [9.17, 15) is 4.79 Å². The first-order valence-electron chi connectivity index (χ1n) is 6.19. The molecule has 1 fully saturated rings. The molecule has 0 atom stereocenters. The van der Waals surface area contributed by atoms with Gasteiger partial charge in [0.15, 0.2) is 5.69 Å². The molecule has 2 heterocycles. The van der Waals surface area contributed by atoms with Gasteiger partial charge in [-0.15, -0.1) is 0 Å². The molecule has 17 heavy (non-hydrogen) atoms. The molecule has 0 aromatic carbocycles. The van der Waals surface area contributed by atoms with Crippen LogP contribution in [0.5, 0.6) is 0 Å². The topological polar surface area (TPSA) is 59.3 Å².